The number of methoxy groups -OCH3 is 1. The van der Waals surface area contributed by atoms with Gasteiger partial charge < -0.3 is 9.30 Å². The van der Waals surface area contributed by atoms with Crippen molar-refractivity contribution in [3.05, 3.63) is 83.4 Å². The van der Waals surface area contributed by atoms with E-state index in [-0.39, 0.29) is 0 Å². The predicted molar refractivity (Wildman–Crippen MR) is 139 cm³/mol. The normalized spacial score (nSPS) is 12.1. The molecular weight excluding hydrogens is 446 g/mol. The van der Waals surface area contributed by atoms with Crippen molar-refractivity contribution < 1.29 is 4.74 Å². The van der Waals surface area contributed by atoms with Gasteiger partial charge in [-0.2, -0.15) is 0 Å². The van der Waals surface area contributed by atoms with Gasteiger partial charge in [0.25, 0.3) is 0 Å². The van der Waals surface area contributed by atoms with Crippen LogP contribution in [0.1, 0.15) is 31.4 Å². The SMILES string of the molecule is C=C(/C=C(C)\C=C/CC)c1c(-c2cccc(OC)c2C)cn2nc(-c3nccn3C)nc(Cl)c12. The maximum absolute atomic E-state index is 6.79. The van der Waals surface area contributed by atoms with E-state index in [1.54, 1.807) is 17.8 Å². The number of halogens is 1. The molecule has 4 rings (SSSR count). The van der Waals surface area contributed by atoms with Gasteiger partial charge in [-0.1, -0.05) is 61.0 Å². The fourth-order valence-electron chi connectivity index (χ4n) is 4.07. The summed E-state index contributed by atoms with van der Waals surface area (Å²) >= 11 is 6.79. The lowest BCUT2D eigenvalue weighted by Gasteiger charge is -2.12. The second-order valence-corrected chi connectivity index (χ2v) is 8.51. The van der Waals surface area contributed by atoms with Crippen LogP contribution in [0.25, 0.3) is 33.9 Å². The van der Waals surface area contributed by atoms with Crippen LogP contribution in [0.3, 0.4) is 0 Å². The molecule has 7 heteroatoms. The molecule has 0 saturated heterocycles. The number of allylic oxidation sites excluding steroid dienone is 5. The molecule has 0 N–H and O–H groups in total. The zero-order valence-electron chi connectivity index (χ0n) is 20.1. The Labute approximate surface area is 204 Å². The van der Waals surface area contributed by atoms with Crippen LogP contribution < -0.4 is 4.74 Å². The molecule has 4 aromatic rings. The van der Waals surface area contributed by atoms with Crippen LogP contribution in [0.15, 0.2) is 67.2 Å². The molecule has 0 spiro atoms. The van der Waals surface area contributed by atoms with E-state index in [1.807, 2.05) is 43.1 Å². The van der Waals surface area contributed by atoms with Crippen LogP contribution in [-0.2, 0) is 7.05 Å². The Kier molecular flexibility index (Phi) is 6.70. The van der Waals surface area contributed by atoms with E-state index in [4.69, 9.17) is 21.4 Å². The van der Waals surface area contributed by atoms with Crippen molar-refractivity contribution in [2.45, 2.75) is 27.2 Å². The van der Waals surface area contributed by atoms with Gasteiger partial charge in [0.2, 0.25) is 5.82 Å². The van der Waals surface area contributed by atoms with E-state index in [1.165, 1.54) is 0 Å². The van der Waals surface area contributed by atoms with Gasteiger partial charge in [0.05, 0.1) is 7.11 Å². The monoisotopic (exact) mass is 473 g/mol. The summed E-state index contributed by atoms with van der Waals surface area (Å²) < 4.78 is 9.22. The predicted octanol–water partition coefficient (Wildman–Crippen LogP) is 6.69. The Morgan fingerprint density at radius 2 is 2.06 bits per heavy atom. The van der Waals surface area contributed by atoms with Gasteiger partial charge in [0.1, 0.15) is 11.3 Å². The Morgan fingerprint density at radius 3 is 2.74 bits per heavy atom. The van der Waals surface area contributed by atoms with Crippen LogP contribution >= 0.6 is 11.6 Å². The average Bonchev–Trinajstić information content (AvgIpc) is 3.41. The van der Waals surface area contributed by atoms with Gasteiger partial charge in [-0.15, -0.1) is 5.10 Å². The summed E-state index contributed by atoms with van der Waals surface area (Å²) in [6, 6.07) is 6.00. The van der Waals surface area contributed by atoms with E-state index in [2.05, 4.69) is 54.7 Å². The third kappa shape index (κ3) is 4.29. The lowest BCUT2D eigenvalue weighted by molar-refractivity contribution is 0.412. The maximum Gasteiger partial charge on any atom is 0.217 e. The highest BCUT2D eigenvalue weighted by atomic mass is 35.5. The summed E-state index contributed by atoms with van der Waals surface area (Å²) in [5.74, 6) is 1.90. The van der Waals surface area contributed by atoms with Crippen LogP contribution in [0.2, 0.25) is 5.15 Å². The number of ether oxygens (including phenoxy) is 1. The standard InChI is InChI=1S/C27H28ClN5O/c1-7-8-10-17(2)15-18(3)23-21(20-11-9-12-22(34-6)19(20)4)16-33-24(23)25(28)30-26(31-33)27-29-13-14-32(27)5/h8-16H,3,7H2,1-2,4-6H3/b10-8-,17-15-. The highest BCUT2D eigenvalue weighted by molar-refractivity contribution is 6.33. The fraction of sp³-hybridized carbons (Fsp3) is 0.222. The summed E-state index contributed by atoms with van der Waals surface area (Å²) in [6.45, 7) is 10.6. The number of nitrogens with zero attached hydrogens (tertiary/aromatic N) is 5. The largest absolute Gasteiger partial charge is 0.496 e. The molecule has 34 heavy (non-hydrogen) atoms. The van der Waals surface area contributed by atoms with Gasteiger partial charge in [-0.05, 0) is 43.0 Å². The lowest BCUT2D eigenvalue weighted by atomic mass is 9.94. The first kappa shape index (κ1) is 23.5. The minimum absolute atomic E-state index is 0.339. The van der Waals surface area contributed by atoms with Crippen LogP contribution in [0, 0.1) is 6.92 Å². The zero-order valence-corrected chi connectivity index (χ0v) is 20.9. The topological polar surface area (TPSA) is 57.2 Å². The third-order valence-electron chi connectivity index (χ3n) is 5.74. The molecule has 0 fully saturated rings. The van der Waals surface area contributed by atoms with Crippen molar-refractivity contribution in [1.82, 2.24) is 24.1 Å². The molecule has 6 nitrogen and oxygen atoms in total. The molecule has 1 aromatic carbocycles. The number of aromatic nitrogens is 5. The minimum atomic E-state index is 0.339. The Balaban J connectivity index is 2.00. The number of aryl methyl sites for hydroxylation is 1. The molecular formula is C27H28ClN5O. The fourth-order valence-corrected chi connectivity index (χ4v) is 4.33. The molecule has 3 heterocycles. The van der Waals surface area contributed by atoms with Crippen LogP contribution in [-0.4, -0.2) is 31.3 Å². The number of fused-ring (bicyclic) bond motifs is 1. The van der Waals surface area contributed by atoms with Gasteiger partial charge in [-0.25, -0.2) is 14.5 Å². The molecule has 0 aliphatic rings. The molecule has 0 aliphatic carbocycles. The van der Waals surface area contributed by atoms with Crippen molar-refractivity contribution in [1.29, 1.82) is 0 Å². The van der Waals surface area contributed by atoms with Crippen molar-refractivity contribution in [3.63, 3.8) is 0 Å². The van der Waals surface area contributed by atoms with Gasteiger partial charge >= 0.3 is 0 Å². The minimum Gasteiger partial charge on any atom is -0.496 e. The highest BCUT2D eigenvalue weighted by Crippen LogP contribution is 2.40. The summed E-state index contributed by atoms with van der Waals surface area (Å²) in [5, 5.41) is 5.10. The molecule has 0 unspecified atom stereocenters. The summed E-state index contributed by atoms with van der Waals surface area (Å²) in [6.07, 6.45) is 12.8. The first-order valence-corrected chi connectivity index (χ1v) is 11.5. The van der Waals surface area contributed by atoms with E-state index in [9.17, 15) is 0 Å². The van der Waals surface area contributed by atoms with Gasteiger partial charge in [0, 0.05) is 36.8 Å². The molecule has 0 atom stereocenters. The Morgan fingerprint density at radius 1 is 1.26 bits per heavy atom. The third-order valence-corrected chi connectivity index (χ3v) is 6.01. The molecule has 0 radical (unpaired) electrons. The molecule has 0 amide bonds. The first-order chi connectivity index (χ1) is 16.3. The van der Waals surface area contributed by atoms with Gasteiger partial charge in [-0.3, -0.25) is 0 Å². The zero-order chi connectivity index (χ0) is 24.4. The van der Waals surface area contributed by atoms with E-state index in [0.717, 1.165) is 45.6 Å². The van der Waals surface area contributed by atoms with E-state index < -0.39 is 0 Å². The maximum atomic E-state index is 6.79. The number of imidazole rings is 1. The molecule has 174 valence electrons. The van der Waals surface area contributed by atoms with E-state index in [0.29, 0.717) is 22.3 Å². The molecule has 3 aromatic heterocycles. The van der Waals surface area contributed by atoms with Crippen LogP contribution in [0.4, 0.5) is 0 Å². The molecule has 0 saturated carbocycles. The highest BCUT2D eigenvalue weighted by Gasteiger charge is 2.22. The molecule has 0 aliphatic heterocycles. The number of hydrogen-bond donors (Lipinski definition) is 0. The summed E-state index contributed by atoms with van der Waals surface area (Å²) in [4.78, 5) is 8.97. The van der Waals surface area contributed by atoms with Crippen LogP contribution in [0.5, 0.6) is 5.75 Å². The average molecular weight is 474 g/mol. The summed E-state index contributed by atoms with van der Waals surface area (Å²) in [7, 11) is 3.57. The second-order valence-electron chi connectivity index (χ2n) is 8.16. The van der Waals surface area contributed by atoms with E-state index >= 15 is 0 Å². The number of benzene rings is 1. The van der Waals surface area contributed by atoms with Gasteiger partial charge in [0.15, 0.2) is 11.0 Å². The second kappa shape index (κ2) is 9.69. The Hall–Kier alpha value is -3.64. The van der Waals surface area contributed by atoms with Crippen molar-refractivity contribution in [2.24, 2.45) is 7.05 Å². The van der Waals surface area contributed by atoms with Crippen molar-refractivity contribution in [3.8, 4) is 28.5 Å². The van der Waals surface area contributed by atoms with Crippen molar-refractivity contribution in [2.75, 3.05) is 7.11 Å². The number of rotatable bonds is 7. The summed E-state index contributed by atoms with van der Waals surface area (Å²) in [5.41, 5.74) is 6.51. The smallest absolute Gasteiger partial charge is 0.217 e. The first-order valence-electron chi connectivity index (χ1n) is 11.1. The molecule has 0 bridgehead atoms. The lowest BCUT2D eigenvalue weighted by Crippen LogP contribution is -2.02. The Bertz CT molecular complexity index is 1440. The van der Waals surface area contributed by atoms with Crippen molar-refractivity contribution >= 4 is 22.7 Å². The number of hydrogen-bond acceptors (Lipinski definition) is 4. The quantitative estimate of drug-likeness (QED) is 0.280.